The second kappa shape index (κ2) is 7.45. The molecule has 0 aromatic heterocycles. The molecule has 0 bridgehead atoms. The molecule has 2 aromatic rings. The van der Waals surface area contributed by atoms with E-state index in [2.05, 4.69) is 5.32 Å². The van der Waals surface area contributed by atoms with Crippen LogP contribution in [-0.2, 0) is 4.79 Å². The molecule has 21 heavy (non-hydrogen) atoms. The molecule has 0 saturated heterocycles. The lowest BCUT2D eigenvalue weighted by atomic mass is 10.1. The number of ether oxygens (including phenoxy) is 1. The Morgan fingerprint density at radius 2 is 1.81 bits per heavy atom. The van der Waals surface area contributed by atoms with E-state index in [0.717, 1.165) is 5.75 Å². The minimum absolute atomic E-state index is 0.344. The van der Waals surface area contributed by atoms with Gasteiger partial charge >= 0.3 is 0 Å². The number of nitrogens with one attached hydrogen (secondary N) is 1. The van der Waals surface area contributed by atoms with E-state index < -0.39 is 12.0 Å². The smallest absolute Gasteiger partial charge is 0.253 e. The number of amides is 1. The maximum Gasteiger partial charge on any atom is 0.253 e. The minimum atomic E-state index is -1.15. The van der Waals surface area contributed by atoms with Crippen molar-refractivity contribution in [2.45, 2.75) is 13.0 Å². The first-order chi connectivity index (χ1) is 10.2. The lowest BCUT2D eigenvalue weighted by Gasteiger charge is -2.12. The van der Waals surface area contributed by atoms with Crippen molar-refractivity contribution in [2.24, 2.45) is 0 Å². The number of benzene rings is 2. The van der Waals surface area contributed by atoms with Gasteiger partial charge in [-0.3, -0.25) is 4.79 Å². The summed E-state index contributed by atoms with van der Waals surface area (Å²) in [5.41, 5.74) is 1.75. The topological polar surface area (TPSA) is 58.6 Å². The largest absolute Gasteiger partial charge is 0.492 e. The fourth-order valence-electron chi connectivity index (χ4n) is 1.86. The fourth-order valence-corrected chi connectivity index (χ4v) is 1.86. The average Bonchev–Trinajstić information content (AvgIpc) is 2.53. The maximum atomic E-state index is 11.8. The fraction of sp³-hybridized carbons (Fsp3) is 0.235. The number of aryl methyl sites for hydroxylation is 1. The summed E-state index contributed by atoms with van der Waals surface area (Å²) in [6.07, 6.45) is -1.15. The van der Waals surface area contributed by atoms with Gasteiger partial charge < -0.3 is 15.2 Å². The molecule has 0 fully saturated rings. The molecule has 2 N–H and O–H groups in total. The van der Waals surface area contributed by atoms with Gasteiger partial charge in [0.15, 0.2) is 6.10 Å². The number of carbonyl (C=O) groups excluding carboxylic acids is 1. The van der Waals surface area contributed by atoms with Crippen LogP contribution in [0.1, 0.15) is 17.2 Å². The van der Waals surface area contributed by atoms with Crippen LogP contribution in [0.2, 0.25) is 0 Å². The van der Waals surface area contributed by atoms with Gasteiger partial charge in [0.1, 0.15) is 12.4 Å². The van der Waals surface area contributed by atoms with Crippen LogP contribution in [-0.4, -0.2) is 24.2 Å². The molecule has 0 aliphatic heterocycles. The number of rotatable bonds is 6. The molecule has 0 heterocycles. The summed E-state index contributed by atoms with van der Waals surface area (Å²) >= 11 is 0. The van der Waals surface area contributed by atoms with Gasteiger partial charge in [-0.25, -0.2) is 0 Å². The summed E-state index contributed by atoms with van der Waals surface area (Å²) in [5.74, 6) is 0.340. The summed E-state index contributed by atoms with van der Waals surface area (Å²) in [5, 5.41) is 12.5. The van der Waals surface area contributed by atoms with E-state index in [-0.39, 0.29) is 0 Å². The quantitative estimate of drug-likeness (QED) is 0.800. The molecule has 0 aliphatic rings. The molecule has 0 radical (unpaired) electrons. The molecule has 1 atom stereocenters. The van der Waals surface area contributed by atoms with Crippen LogP contribution >= 0.6 is 0 Å². The Bertz CT molecular complexity index is 566. The second-order valence-electron chi connectivity index (χ2n) is 4.77. The van der Waals surface area contributed by atoms with Gasteiger partial charge in [-0.2, -0.15) is 0 Å². The van der Waals surface area contributed by atoms with Crippen molar-refractivity contribution >= 4 is 5.91 Å². The summed E-state index contributed by atoms with van der Waals surface area (Å²) < 4.78 is 5.50. The van der Waals surface area contributed by atoms with E-state index in [1.54, 1.807) is 24.3 Å². The molecule has 4 nitrogen and oxygen atoms in total. The van der Waals surface area contributed by atoms with Crippen molar-refractivity contribution in [2.75, 3.05) is 13.2 Å². The molecular formula is C17H19NO3. The number of aliphatic hydroxyl groups excluding tert-OH is 1. The lowest BCUT2D eigenvalue weighted by molar-refractivity contribution is -0.129. The predicted molar refractivity (Wildman–Crippen MR) is 81.1 cm³/mol. The van der Waals surface area contributed by atoms with Gasteiger partial charge in [0, 0.05) is 0 Å². The first-order valence-electron chi connectivity index (χ1n) is 6.87. The Hall–Kier alpha value is -2.33. The van der Waals surface area contributed by atoms with E-state index in [0.29, 0.717) is 18.7 Å². The highest BCUT2D eigenvalue weighted by molar-refractivity contribution is 5.81. The standard InChI is InChI=1S/C17H19NO3/c1-13-7-9-15(10-8-13)21-12-11-18-17(20)16(19)14-5-3-2-4-6-14/h2-10,16,19H,11-12H2,1H3,(H,18,20). The molecule has 4 heteroatoms. The highest BCUT2D eigenvalue weighted by Crippen LogP contribution is 2.12. The van der Waals surface area contributed by atoms with Gasteiger partial charge in [-0.1, -0.05) is 48.0 Å². The maximum absolute atomic E-state index is 11.8. The van der Waals surface area contributed by atoms with E-state index in [9.17, 15) is 9.90 Å². The van der Waals surface area contributed by atoms with Gasteiger partial charge in [-0.05, 0) is 24.6 Å². The summed E-state index contributed by atoms with van der Waals surface area (Å²) in [6, 6.07) is 16.5. The Morgan fingerprint density at radius 1 is 1.14 bits per heavy atom. The molecule has 110 valence electrons. The first-order valence-corrected chi connectivity index (χ1v) is 6.87. The van der Waals surface area contributed by atoms with Crippen LogP contribution in [0.25, 0.3) is 0 Å². The number of aliphatic hydroxyl groups is 1. The Kier molecular flexibility index (Phi) is 5.35. The third-order valence-electron chi connectivity index (χ3n) is 3.05. The molecule has 2 aromatic carbocycles. The van der Waals surface area contributed by atoms with Gasteiger partial charge in [0.05, 0.1) is 6.54 Å². The van der Waals surface area contributed by atoms with Crippen molar-refractivity contribution < 1.29 is 14.6 Å². The van der Waals surface area contributed by atoms with Crippen LogP contribution in [0.15, 0.2) is 54.6 Å². The molecule has 2 rings (SSSR count). The molecule has 1 unspecified atom stereocenters. The second-order valence-corrected chi connectivity index (χ2v) is 4.77. The van der Waals surface area contributed by atoms with E-state index >= 15 is 0 Å². The molecule has 0 spiro atoms. The molecular weight excluding hydrogens is 266 g/mol. The van der Waals surface area contributed by atoms with Crippen LogP contribution in [0.5, 0.6) is 5.75 Å². The Morgan fingerprint density at radius 3 is 2.48 bits per heavy atom. The predicted octanol–water partition coefficient (Wildman–Crippen LogP) is 2.22. The summed E-state index contributed by atoms with van der Waals surface area (Å²) in [6.45, 7) is 2.71. The Labute approximate surface area is 124 Å². The summed E-state index contributed by atoms with van der Waals surface area (Å²) in [7, 11) is 0. The van der Waals surface area contributed by atoms with Crippen LogP contribution in [0, 0.1) is 6.92 Å². The van der Waals surface area contributed by atoms with Crippen molar-refractivity contribution in [3.63, 3.8) is 0 Å². The molecule has 0 aliphatic carbocycles. The third-order valence-corrected chi connectivity index (χ3v) is 3.05. The van der Waals surface area contributed by atoms with Gasteiger partial charge in [0.25, 0.3) is 5.91 Å². The highest BCUT2D eigenvalue weighted by Gasteiger charge is 2.15. The van der Waals surface area contributed by atoms with Crippen molar-refractivity contribution in [1.82, 2.24) is 5.32 Å². The zero-order valence-electron chi connectivity index (χ0n) is 12.0. The SMILES string of the molecule is Cc1ccc(OCCNC(=O)C(O)c2ccccc2)cc1. The van der Waals surface area contributed by atoms with Crippen molar-refractivity contribution in [1.29, 1.82) is 0 Å². The van der Waals surface area contributed by atoms with E-state index in [4.69, 9.17) is 4.74 Å². The number of carbonyl (C=O) groups is 1. The minimum Gasteiger partial charge on any atom is -0.492 e. The normalized spacial score (nSPS) is 11.7. The van der Waals surface area contributed by atoms with Crippen LogP contribution < -0.4 is 10.1 Å². The van der Waals surface area contributed by atoms with E-state index in [1.807, 2.05) is 37.3 Å². The van der Waals surface area contributed by atoms with Gasteiger partial charge in [0.2, 0.25) is 0 Å². The molecule has 1 amide bonds. The Balaban J connectivity index is 1.73. The molecule has 0 saturated carbocycles. The monoisotopic (exact) mass is 285 g/mol. The zero-order valence-corrected chi connectivity index (χ0v) is 12.0. The van der Waals surface area contributed by atoms with Crippen LogP contribution in [0.3, 0.4) is 0 Å². The number of hydrogen-bond donors (Lipinski definition) is 2. The van der Waals surface area contributed by atoms with Gasteiger partial charge in [-0.15, -0.1) is 0 Å². The van der Waals surface area contributed by atoms with Crippen molar-refractivity contribution in [3.05, 3.63) is 65.7 Å². The lowest BCUT2D eigenvalue weighted by Crippen LogP contribution is -2.32. The number of hydrogen-bond acceptors (Lipinski definition) is 3. The first kappa shape index (κ1) is 15.1. The summed E-state index contributed by atoms with van der Waals surface area (Å²) in [4.78, 5) is 11.8. The highest BCUT2D eigenvalue weighted by atomic mass is 16.5. The zero-order chi connectivity index (χ0) is 15.1. The van der Waals surface area contributed by atoms with Crippen LogP contribution in [0.4, 0.5) is 0 Å². The van der Waals surface area contributed by atoms with E-state index in [1.165, 1.54) is 5.56 Å². The van der Waals surface area contributed by atoms with Crippen molar-refractivity contribution in [3.8, 4) is 5.75 Å². The average molecular weight is 285 g/mol. The third kappa shape index (κ3) is 4.61.